The average molecular weight is 304 g/mol. The summed E-state index contributed by atoms with van der Waals surface area (Å²) in [5.74, 6) is -1.69. The van der Waals surface area contributed by atoms with E-state index in [9.17, 15) is 14.7 Å². The van der Waals surface area contributed by atoms with Crippen molar-refractivity contribution < 1.29 is 29.3 Å². The van der Waals surface area contributed by atoms with Gasteiger partial charge in [-0.3, -0.25) is 4.79 Å². The molecule has 1 aromatic heterocycles. The molecule has 22 heavy (non-hydrogen) atoms. The van der Waals surface area contributed by atoms with Crippen molar-refractivity contribution in [3.05, 3.63) is 58.2 Å². The van der Waals surface area contributed by atoms with Gasteiger partial charge in [0.2, 0.25) is 5.43 Å². The highest BCUT2D eigenvalue weighted by Gasteiger charge is 2.05. The summed E-state index contributed by atoms with van der Waals surface area (Å²) in [5, 5.41) is 27.5. The lowest BCUT2D eigenvalue weighted by molar-refractivity contribution is -0.139. The lowest BCUT2D eigenvalue weighted by Gasteiger charge is -2.01. The quantitative estimate of drug-likeness (QED) is 0.445. The van der Waals surface area contributed by atoms with E-state index < -0.39 is 17.1 Å². The minimum Gasteiger partial charge on any atom is -0.504 e. The molecule has 0 atom stereocenters. The molecule has 2 rings (SSSR count). The first kappa shape index (κ1) is 15.2. The third kappa shape index (κ3) is 3.89. The van der Waals surface area contributed by atoms with Crippen LogP contribution >= 0.6 is 0 Å². The minimum atomic E-state index is -0.691. The van der Waals surface area contributed by atoms with Gasteiger partial charge in [0.05, 0.1) is 0 Å². The molecular formula is C15H12O7. The van der Waals surface area contributed by atoms with Crippen molar-refractivity contribution in [2.45, 2.75) is 6.61 Å². The Bertz CT molecular complexity index is 774. The van der Waals surface area contributed by atoms with E-state index in [1.807, 2.05) is 0 Å². The zero-order valence-corrected chi connectivity index (χ0v) is 11.2. The van der Waals surface area contributed by atoms with Crippen LogP contribution in [0.15, 0.2) is 45.8 Å². The number of esters is 1. The van der Waals surface area contributed by atoms with Crippen LogP contribution in [-0.4, -0.2) is 21.3 Å². The molecule has 0 saturated heterocycles. The van der Waals surface area contributed by atoms with E-state index >= 15 is 0 Å². The van der Waals surface area contributed by atoms with E-state index in [0.717, 1.165) is 18.4 Å². The summed E-state index contributed by atoms with van der Waals surface area (Å²) in [6.45, 7) is -0.264. The Kier molecular flexibility index (Phi) is 4.47. The summed E-state index contributed by atoms with van der Waals surface area (Å²) < 4.78 is 9.72. The van der Waals surface area contributed by atoms with Gasteiger partial charge in [0.15, 0.2) is 17.2 Å². The van der Waals surface area contributed by atoms with Gasteiger partial charge in [-0.25, -0.2) is 4.79 Å². The molecule has 0 radical (unpaired) electrons. The van der Waals surface area contributed by atoms with Crippen LogP contribution in [0.2, 0.25) is 0 Å². The molecule has 1 heterocycles. The molecule has 7 nitrogen and oxygen atoms in total. The molecule has 0 bridgehead atoms. The Morgan fingerprint density at radius 1 is 1.14 bits per heavy atom. The maximum Gasteiger partial charge on any atom is 0.331 e. The number of carbonyl (C=O) groups excluding carboxylic acids is 1. The molecule has 0 saturated carbocycles. The lowest BCUT2D eigenvalue weighted by atomic mass is 10.2. The first-order valence-electron chi connectivity index (χ1n) is 6.13. The number of ether oxygens (including phenoxy) is 1. The van der Waals surface area contributed by atoms with E-state index in [1.165, 1.54) is 24.3 Å². The van der Waals surface area contributed by atoms with Crippen molar-refractivity contribution in [2.24, 2.45) is 0 Å². The topological polar surface area (TPSA) is 117 Å². The fourth-order valence-corrected chi connectivity index (χ4v) is 1.52. The number of hydrogen-bond donors (Lipinski definition) is 3. The van der Waals surface area contributed by atoms with Gasteiger partial charge < -0.3 is 24.5 Å². The first-order valence-corrected chi connectivity index (χ1v) is 6.13. The largest absolute Gasteiger partial charge is 0.504 e. The highest BCUT2D eigenvalue weighted by Crippen LogP contribution is 2.25. The number of aromatic hydroxyl groups is 3. The summed E-state index contributed by atoms with van der Waals surface area (Å²) in [6.07, 6.45) is 3.36. The zero-order valence-electron chi connectivity index (χ0n) is 11.2. The summed E-state index contributed by atoms with van der Waals surface area (Å²) in [6, 6.07) is 5.08. The molecule has 3 N–H and O–H groups in total. The molecule has 0 amide bonds. The molecule has 114 valence electrons. The lowest BCUT2D eigenvalue weighted by Crippen LogP contribution is -2.04. The smallest absolute Gasteiger partial charge is 0.331 e. The monoisotopic (exact) mass is 304 g/mol. The molecule has 0 fully saturated rings. The van der Waals surface area contributed by atoms with Gasteiger partial charge >= 0.3 is 5.97 Å². The van der Waals surface area contributed by atoms with Gasteiger partial charge in [-0.2, -0.15) is 0 Å². The number of hydrogen-bond acceptors (Lipinski definition) is 7. The second-order valence-corrected chi connectivity index (χ2v) is 4.29. The number of rotatable bonds is 4. The first-order chi connectivity index (χ1) is 10.5. The standard InChI is InChI=1S/C15H12O7/c16-11-3-1-9(5-12(11)17)2-4-15(20)22-7-10-6-13(18)14(19)8-21-10/h1-6,8,16-17,19H,7H2. The van der Waals surface area contributed by atoms with Crippen molar-refractivity contribution in [1.82, 2.24) is 0 Å². The van der Waals surface area contributed by atoms with Gasteiger partial charge in [-0.15, -0.1) is 0 Å². The summed E-state index contributed by atoms with van der Waals surface area (Å²) in [4.78, 5) is 22.6. The third-order valence-electron chi connectivity index (χ3n) is 2.63. The predicted octanol–water partition coefficient (Wildman–Crippen LogP) is 1.51. The van der Waals surface area contributed by atoms with E-state index in [-0.39, 0.29) is 23.9 Å². The number of benzene rings is 1. The molecule has 1 aromatic carbocycles. The summed E-state index contributed by atoms with van der Waals surface area (Å²) >= 11 is 0. The molecule has 0 spiro atoms. The number of phenolic OH excluding ortho intramolecular Hbond substituents is 2. The van der Waals surface area contributed by atoms with Crippen molar-refractivity contribution in [1.29, 1.82) is 0 Å². The van der Waals surface area contributed by atoms with Crippen molar-refractivity contribution in [3.8, 4) is 17.2 Å². The molecule has 0 aliphatic carbocycles. The highest BCUT2D eigenvalue weighted by molar-refractivity contribution is 5.87. The van der Waals surface area contributed by atoms with Crippen LogP contribution in [0.5, 0.6) is 17.2 Å². The van der Waals surface area contributed by atoms with Gasteiger partial charge in [0, 0.05) is 12.1 Å². The Morgan fingerprint density at radius 3 is 2.59 bits per heavy atom. The van der Waals surface area contributed by atoms with Gasteiger partial charge in [0.25, 0.3) is 0 Å². The molecule has 0 aliphatic rings. The summed E-state index contributed by atoms with van der Waals surface area (Å²) in [7, 11) is 0. The van der Waals surface area contributed by atoms with Crippen LogP contribution in [0.25, 0.3) is 6.08 Å². The fraction of sp³-hybridized carbons (Fsp3) is 0.0667. The van der Waals surface area contributed by atoms with Crippen molar-refractivity contribution in [3.63, 3.8) is 0 Å². The van der Waals surface area contributed by atoms with Crippen LogP contribution in [0.1, 0.15) is 11.3 Å². The van der Waals surface area contributed by atoms with Crippen LogP contribution in [0, 0.1) is 0 Å². The maximum atomic E-state index is 11.5. The van der Waals surface area contributed by atoms with Gasteiger partial charge in [-0.1, -0.05) is 6.07 Å². The Labute approximate surface area is 124 Å². The highest BCUT2D eigenvalue weighted by atomic mass is 16.5. The Hall–Kier alpha value is -3.22. The number of carbonyl (C=O) groups is 1. The minimum absolute atomic E-state index is 0.0897. The Balaban J connectivity index is 1.94. The molecule has 2 aromatic rings. The van der Waals surface area contributed by atoms with Crippen molar-refractivity contribution >= 4 is 12.0 Å². The van der Waals surface area contributed by atoms with Crippen LogP contribution < -0.4 is 5.43 Å². The SMILES string of the molecule is O=C(C=Cc1ccc(O)c(O)c1)OCc1cc(=O)c(O)co1. The van der Waals surface area contributed by atoms with Crippen LogP contribution in [-0.2, 0) is 16.1 Å². The normalized spacial score (nSPS) is 10.7. The molecule has 0 unspecified atom stereocenters. The molecular weight excluding hydrogens is 292 g/mol. The van der Waals surface area contributed by atoms with E-state index in [1.54, 1.807) is 0 Å². The van der Waals surface area contributed by atoms with Crippen LogP contribution in [0.3, 0.4) is 0 Å². The molecule has 7 heteroatoms. The predicted molar refractivity (Wildman–Crippen MR) is 75.2 cm³/mol. The van der Waals surface area contributed by atoms with E-state index in [0.29, 0.717) is 5.56 Å². The maximum absolute atomic E-state index is 11.5. The van der Waals surface area contributed by atoms with Gasteiger partial charge in [-0.05, 0) is 23.8 Å². The van der Waals surface area contributed by atoms with E-state index in [2.05, 4.69) is 0 Å². The van der Waals surface area contributed by atoms with E-state index in [4.69, 9.17) is 19.4 Å². The second-order valence-electron chi connectivity index (χ2n) is 4.29. The van der Waals surface area contributed by atoms with Gasteiger partial charge in [0.1, 0.15) is 18.6 Å². The molecule has 0 aliphatic heterocycles. The Morgan fingerprint density at radius 2 is 1.91 bits per heavy atom. The zero-order chi connectivity index (χ0) is 16.1. The number of phenols is 2. The fourth-order valence-electron chi connectivity index (χ4n) is 1.52. The summed E-state index contributed by atoms with van der Waals surface area (Å²) in [5.41, 5.74) is -0.143. The third-order valence-corrected chi connectivity index (χ3v) is 2.63. The van der Waals surface area contributed by atoms with Crippen molar-refractivity contribution in [2.75, 3.05) is 0 Å². The second kappa shape index (κ2) is 6.49. The van der Waals surface area contributed by atoms with Crippen LogP contribution in [0.4, 0.5) is 0 Å². The average Bonchev–Trinajstić information content (AvgIpc) is 2.49.